The molecule has 2 aromatic rings. The van der Waals surface area contributed by atoms with Crippen molar-refractivity contribution in [3.8, 4) is 0 Å². The maximum absolute atomic E-state index is 12.6. The van der Waals surface area contributed by atoms with E-state index >= 15 is 0 Å². The van der Waals surface area contributed by atoms with Crippen molar-refractivity contribution in [2.24, 2.45) is 0 Å². The average Bonchev–Trinajstić information content (AvgIpc) is 2.89. The fourth-order valence-electron chi connectivity index (χ4n) is 3.58. The van der Waals surface area contributed by atoms with Crippen LogP contribution in [-0.4, -0.2) is 44.8 Å². The number of piperidine rings is 1. The molecule has 1 aliphatic heterocycles. The lowest BCUT2D eigenvalue weighted by Crippen LogP contribution is -2.49. The lowest BCUT2D eigenvalue weighted by Gasteiger charge is -2.39. The van der Waals surface area contributed by atoms with E-state index in [-0.39, 0.29) is 12.5 Å². The number of carbonyl (C=O) groups is 2. The topological polar surface area (TPSA) is 75.4 Å². The number of aliphatic carboxylic acids is 1. The number of halogens is 1. The fourth-order valence-corrected chi connectivity index (χ4v) is 3.71. The van der Waals surface area contributed by atoms with Gasteiger partial charge in [-0.05, 0) is 32.3 Å². The Morgan fingerprint density at radius 3 is 2.31 bits per heavy atom. The van der Waals surface area contributed by atoms with E-state index in [4.69, 9.17) is 11.6 Å². The standard InChI is InChI=1S/C19H22ClN3O3/c1-13-17(20)14(2)23(21-13)12-16(24)22-10-8-19(9-11-22,18(25)26)15-6-4-3-5-7-15/h3-7H,8-12H2,1-2H3,(H,25,26). The maximum Gasteiger partial charge on any atom is 0.314 e. The van der Waals surface area contributed by atoms with E-state index in [1.165, 1.54) is 0 Å². The van der Waals surface area contributed by atoms with Gasteiger partial charge in [0.05, 0.1) is 21.8 Å². The van der Waals surface area contributed by atoms with Crippen molar-refractivity contribution in [3.63, 3.8) is 0 Å². The van der Waals surface area contributed by atoms with E-state index in [9.17, 15) is 14.7 Å². The minimum Gasteiger partial charge on any atom is -0.481 e. The first-order valence-corrected chi connectivity index (χ1v) is 8.99. The van der Waals surface area contributed by atoms with Gasteiger partial charge in [0.1, 0.15) is 6.54 Å². The quantitative estimate of drug-likeness (QED) is 0.891. The zero-order chi connectivity index (χ0) is 18.9. The van der Waals surface area contributed by atoms with Crippen LogP contribution in [0.2, 0.25) is 5.02 Å². The number of amides is 1. The van der Waals surface area contributed by atoms with E-state index in [1.807, 2.05) is 37.3 Å². The first kappa shape index (κ1) is 18.5. The number of carbonyl (C=O) groups excluding carboxylic acids is 1. The van der Waals surface area contributed by atoms with Gasteiger partial charge in [-0.25, -0.2) is 0 Å². The number of nitrogens with zero attached hydrogens (tertiary/aromatic N) is 3. The summed E-state index contributed by atoms with van der Waals surface area (Å²) >= 11 is 6.13. The molecule has 138 valence electrons. The monoisotopic (exact) mass is 375 g/mol. The molecule has 3 rings (SSSR count). The van der Waals surface area contributed by atoms with Gasteiger partial charge in [0.25, 0.3) is 0 Å². The Morgan fingerprint density at radius 1 is 1.19 bits per heavy atom. The molecule has 0 unspecified atom stereocenters. The SMILES string of the molecule is Cc1nn(CC(=O)N2CCC(C(=O)O)(c3ccccc3)CC2)c(C)c1Cl. The maximum atomic E-state index is 12.6. The van der Waals surface area contributed by atoms with Crippen LogP contribution in [-0.2, 0) is 21.5 Å². The number of aromatic nitrogens is 2. The molecule has 0 bridgehead atoms. The van der Waals surface area contributed by atoms with E-state index < -0.39 is 11.4 Å². The Labute approximate surface area is 157 Å². The van der Waals surface area contributed by atoms with Crippen LogP contribution in [0, 0.1) is 13.8 Å². The summed E-state index contributed by atoms with van der Waals surface area (Å²) in [6.45, 7) is 4.57. The second-order valence-corrected chi connectivity index (χ2v) is 7.15. The highest BCUT2D eigenvalue weighted by Gasteiger charge is 2.43. The number of carboxylic acid groups (broad SMARTS) is 1. The van der Waals surface area contributed by atoms with Crippen LogP contribution >= 0.6 is 11.6 Å². The molecule has 7 heteroatoms. The molecule has 0 radical (unpaired) electrons. The van der Waals surface area contributed by atoms with Gasteiger partial charge >= 0.3 is 5.97 Å². The van der Waals surface area contributed by atoms with E-state index in [0.717, 1.165) is 11.3 Å². The normalized spacial score (nSPS) is 16.5. The zero-order valence-electron chi connectivity index (χ0n) is 14.9. The van der Waals surface area contributed by atoms with Crippen molar-refractivity contribution in [3.05, 3.63) is 52.3 Å². The highest BCUT2D eigenvalue weighted by atomic mass is 35.5. The summed E-state index contributed by atoms with van der Waals surface area (Å²) in [5.41, 5.74) is 1.33. The van der Waals surface area contributed by atoms with Crippen LogP contribution in [0.25, 0.3) is 0 Å². The number of aryl methyl sites for hydroxylation is 1. The summed E-state index contributed by atoms with van der Waals surface area (Å²) < 4.78 is 1.61. The highest BCUT2D eigenvalue weighted by Crippen LogP contribution is 2.36. The summed E-state index contributed by atoms with van der Waals surface area (Å²) in [6, 6.07) is 9.28. The third kappa shape index (κ3) is 3.21. The number of carboxylic acids is 1. The highest BCUT2D eigenvalue weighted by molar-refractivity contribution is 6.31. The molecule has 0 saturated carbocycles. The molecule has 1 amide bonds. The predicted molar refractivity (Wildman–Crippen MR) is 98.3 cm³/mol. The Kier molecular flexibility index (Phi) is 5.05. The number of benzene rings is 1. The van der Waals surface area contributed by atoms with Crippen LogP contribution in [0.4, 0.5) is 0 Å². The Hall–Kier alpha value is -2.34. The molecule has 0 spiro atoms. The van der Waals surface area contributed by atoms with Crippen molar-refractivity contribution < 1.29 is 14.7 Å². The summed E-state index contributed by atoms with van der Waals surface area (Å²) in [6.07, 6.45) is 0.798. The van der Waals surface area contributed by atoms with Gasteiger partial charge in [0.2, 0.25) is 5.91 Å². The van der Waals surface area contributed by atoms with Crippen molar-refractivity contribution in [1.29, 1.82) is 0 Å². The number of rotatable bonds is 4. The van der Waals surface area contributed by atoms with Gasteiger partial charge in [-0.1, -0.05) is 41.9 Å². The van der Waals surface area contributed by atoms with Crippen LogP contribution < -0.4 is 0 Å². The third-order valence-corrected chi connectivity index (χ3v) is 5.83. The lowest BCUT2D eigenvalue weighted by molar-refractivity contribution is -0.148. The molecule has 2 heterocycles. The van der Waals surface area contributed by atoms with Gasteiger partial charge in [-0.2, -0.15) is 5.10 Å². The minimum absolute atomic E-state index is 0.0701. The van der Waals surface area contributed by atoms with Crippen LogP contribution in [0.15, 0.2) is 30.3 Å². The molecular formula is C19H22ClN3O3. The van der Waals surface area contributed by atoms with Crippen LogP contribution in [0.5, 0.6) is 0 Å². The van der Waals surface area contributed by atoms with Crippen LogP contribution in [0.1, 0.15) is 29.8 Å². The smallest absolute Gasteiger partial charge is 0.314 e. The summed E-state index contributed by atoms with van der Waals surface area (Å²) in [7, 11) is 0. The van der Waals surface area contributed by atoms with Gasteiger partial charge < -0.3 is 10.0 Å². The number of likely N-dealkylation sites (tertiary alicyclic amines) is 1. The largest absolute Gasteiger partial charge is 0.481 e. The molecule has 1 N–H and O–H groups in total. The summed E-state index contributed by atoms with van der Waals surface area (Å²) in [5, 5.41) is 14.7. The minimum atomic E-state index is -0.931. The fraction of sp³-hybridized carbons (Fsp3) is 0.421. The molecule has 0 aliphatic carbocycles. The second kappa shape index (κ2) is 7.11. The molecule has 1 saturated heterocycles. The average molecular weight is 376 g/mol. The molecule has 26 heavy (non-hydrogen) atoms. The predicted octanol–water partition coefficient (Wildman–Crippen LogP) is 2.80. The van der Waals surface area contributed by atoms with Crippen molar-refractivity contribution in [2.45, 2.75) is 38.6 Å². The molecule has 1 fully saturated rings. The molecule has 1 aliphatic rings. The Morgan fingerprint density at radius 2 is 1.81 bits per heavy atom. The molecular weight excluding hydrogens is 354 g/mol. The molecule has 0 atom stereocenters. The second-order valence-electron chi connectivity index (χ2n) is 6.78. The first-order valence-electron chi connectivity index (χ1n) is 8.61. The van der Waals surface area contributed by atoms with Gasteiger partial charge in [0.15, 0.2) is 0 Å². The number of hydrogen-bond donors (Lipinski definition) is 1. The van der Waals surface area contributed by atoms with Crippen molar-refractivity contribution >= 4 is 23.5 Å². The van der Waals surface area contributed by atoms with Crippen molar-refractivity contribution in [2.75, 3.05) is 13.1 Å². The summed E-state index contributed by atoms with van der Waals surface area (Å²) in [5.74, 6) is -0.902. The van der Waals surface area contributed by atoms with Crippen LogP contribution in [0.3, 0.4) is 0 Å². The lowest BCUT2D eigenvalue weighted by atomic mass is 9.73. The number of hydrogen-bond acceptors (Lipinski definition) is 3. The molecule has 1 aromatic carbocycles. The van der Waals surface area contributed by atoms with Gasteiger partial charge in [-0.3, -0.25) is 14.3 Å². The van der Waals surface area contributed by atoms with E-state index in [0.29, 0.717) is 36.6 Å². The first-order chi connectivity index (χ1) is 12.3. The van der Waals surface area contributed by atoms with Crippen molar-refractivity contribution in [1.82, 2.24) is 14.7 Å². The zero-order valence-corrected chi connectivity index (χ0v) is 15.7. The Balaban J connectivity index is 1.72. The third-order valence-electron chi connectivity index (χ3n) is 5.28. The molecule has 6 nitrogen and oxygen atoms in total. The van der Waals surface area contributed by atoms with E-state index in [2.05, 4.69) is 5.10 Å². The van der Waals surface area contributed by atoms with Gasteiger partial charge in [-0.15, -0.1) is 0 Å². The van der Waals surface area contributed by atoms with Gasteiger partial charge in [0, 0.05) is 13.1 Å². The Bertz CT molecular complexity index is 824. The summed E-state index contributed by atoms with van der Waals surface area (Å²) in [4.78, 5) is 26.3. The van der Waals surface area contributed by atoms with E-state index in [1.54, 1.807) is 16.5 Å². The molecule has 1 aromatic heterocycles.